The van der Waals surface area contributed by atoms with Crippen LogP contribution in [0.2, 0.25) is 0 Å². The predicted molar refractivity (Wildman–Crippen MR) is 87.3 cm³/mol. The van der Waals surface area contributed by atoms with E-state index in [2.05, 4.69) is 41.4 Å². The van der Waals surface area contributed by atoms with Crippen LogP contribution in [-0.4, -0.2) is 23.1 Å². The number of hydrogen-bond donors (Lipinski definition) is 2. The zero-order valence-electron chi connectivity index (χ0n) is 13.5. The Morgan fingerprint density at radius 2 is 1.65 bits per heavy atom. The Bertz CT molecular complexity index is 377. The van der Waals surface area contributed by atoms with Gasteiger partial charge in [-0.25, -0.2) is 9.97 Å². The van der Waals surface area contributed by atoms with E-state index in [1.807, 2.05) is 13.0 Å². The average molecular weight is 278 g/mol. The van der Waals surface area contributed by atoms with Gasteiger partial charge in [0.2, 0.25) is 0 Å². The van der Waals surface area contributed by atoms with Gasteiger partial charge in [-0.3, -0.25) is 0 Å². The molecule has 1 rings (SSSR count). The van der Waals surface area contributed by atoms with Crippen molar-refractivity contribution in [2.45, 2.75) is 59.8 Å². The van der Waals surface area contributed by atoms with Crippen molar-refractivity contribution in [3.63, 3.8) is 0 Å². The van der Waals surface area contributed by atoms with Crippen LogP contribution in [0.15, 0.2) is 6.07 Å². The van der Waals surface area contributed by atoms with Gasteiger partial charge in [-0.2, -0.15) is 0 Å². The normalized spacial score (nSPS) is 10.8. The molecule has 0 unspecified atom stereocenters. The molecule has 4 heteroatoms. The third-order valence-corrected chi connectivity index (χ3v) is 3.21. The molecule has 0 aliphatic rings. The minimum absolute atomic E-state index is 0.808. The molecule has 0 spiro atoms. The Hall–Kier alpha value is -1.32. The van der Waals surface area contributed by atoms with Crippen LogP contribution >= 0.6 is 0 Å². The molecule has 0 aliphatic carbocycles. The number of rotatable bonds is 10. The first kappa shape index (κ1) is 16.7. The highest BCUT2D eigenvalue weighted by Gasteiger charge is 2.00. The van der Waals surface area contributed by atoms with Gasteiger partial charge in [0.1, 0.15) is 17.5 Å². The lowest BCUT2D eigenvalue weighted by Crippen LogP contribution is -2.07. The smallest absolute Gasteiger partial charge is 0.131 e. The molecule has 0 fully saturated rings. The third kappa shape index (κ3) is 7.31. The molecule has 1 aromatic heterocycles. The summed E-state index contributed by atoms with van der Waals surface area (Å²) in [5.41, 5.74) is 0. The van der Waals surface area contributed by atoms with Crippen LogP contribution in [0, 0.1) is 12.8 Å². The van der Waals surface area contributed by atoms with Gasteiger partial charge < -0.3 is 10.6 Å². The largest absolute Gasteiger partial charge is 0.370 e. The molecule has 0 amide bonds. The van der Waals surface area contributed by atoms with Crippen LogP contribution in [0.3, 0.4) is 0 Å². The number of aryl methyl sites for hydroxylation is 1. The van der Waals surface area contributed by atoms with Gasteiger partial charge in [0.15, 0.2) is 0 Å². The van der Waals surface area contributed by atoms with E-state index in [0.29, 0.717) is 0 Å². The molecular formula is C16H30N4. The van der Waals surface area contributed by atoms with Crippen LogP contribution in [0.25, 0.3) is 0 Å². The van der Waals surface area contributed by atoms with Gasteiger partial charge in [-0.1, -0.05) is 39.5 Å². The number of hydrogen-bond acceptors (Lipinski definition) is 4. The summed E-state index contributed by atoms with van der Waals surface area (Å²) in [5, 5.41) is 6.62. The highest BCUT2D eigenvalue weighted by Crippen LogP contribution is 2.12. The fourth-order valence-corrected chi connectivity index (χ4v) is 2.18. The molecule has 0 bridgehead atoms. The summed E-state index contributed by atoms with van der Waals surface area (Å²) in [6.07, 6.45) is 6.55. The fraction of sp³-hybridized carbons (Fsp3) is 0.750. The first-order valence-electron chi connectivity index (χ1n) is 7.95. The minimum Gasteiger partial charge on any atom is -0.370 e. The molecule has 114 valence electrons. The summed E-state index contributed by atoms with van der Waals surface area (Å²) in [5.74, 6) is 3.47. The standard InChI is InChI=1S/C16H30N4/c1-5-17-15-12-16(20-14(4)19-15)18-11-9-7-6-8-10-13(2)3/h12-13H,5-11H2,1-4H3,(H2,17,18,19,20). The van der Waals surface area contributed by atoms with Crippen molar-refractivity contribution in [2.75, 3.05) is 23.7 Å². The zero-order chi connectivity index (χ0) is 14.8. The van der Waals surface area contributed by atoms with Crippen LogP contribution < -0.4 is 10.6 Å². The monoisotopic (exact) mass is 278 g/mol. The van der Waals surface area contributed by atoms with E-state index in [9.17, 15) is 0 Å². The number of anilines is 2. The second-order valence-corrected chi connectivity index (χ2v) is 5.74. The molecule has 0 saturated carbocycles. The van der Waals surface area contributed by atoms with Crippen molar-refractivity contribution in [3.05, 3.63) is 11.9 Å². The minimum atomic E-state index is 0.808. The third-order valence-electron chi connectivity index (χ3n) is 3.21. The Labute approximate surface area is 123 Å². The maximum atomic E-state index is 4.41. The number of unbranched alkanes of at least 4 members (excludes halogenated alkanes) is 3. The van der Waals surface area contributed by atoms with E-state index in [-0.39, 0.29) is 0 Å². The molecule has 20 heavy (non-hydrogen) atoms. The molecule has 0 saturated heterocycles. The van der Waals surface area contributed by atoms with Crippen molar-refractivity contribution in [1.82, 2.24) is 9.97 Å². The van der Waals surface area contributed by atoms with E-state index in [0.717, 1.165) is 36.5 Å². The van der Waals surface area contributed by atoms with Crippen LogP contribution in [0.5, 0.6) is 0 Å². The summed E-state index contributed by atoms with van der Waals surface area (Å²) in [6, 6.07) is 1.98. The van der Waals surface area contributed by atoms with Gasteiger partial charge in [0.05, 0.1) is 0 Å². The number of nitrogens with zero attached hydrogens (tertiary/aromatic N) is 2. The SMILES string of the molecule is CCNc1cc(NCCCCCCC(C)C)nc(C)n1. The number of aromatic nitrogens is 2. The van der Waals surface area contributed by atoms with Crippen molar-refractivity contribution in [1.29, 1.82) is 0 Å². The summed E-state index contributed by atoms with van der Waals surface area (Å²) in [4.78, 5) is 8.76. The van der Waals surface area contributed by atoms with Gasteiger partial charge in [0.25, 0.3) is 0 Å². The van der Waals surface area contributed by atoms with Crippen molar-refractivity contribution in [2.24, 2.45) is 5.92 Å². The first-order chi connectivity index (χ1) is 9.61. The Morgan fingerprint density at radius 3 is 2.30 bits per heavy atom. The van der Waals surface area contributed by atoms with Crippen LogP contribution in [-0.2, 0) is 0 Å². The second kappa shape index (κ2) is 9.56. The summed E-state index contributed by atoms with van der Waals surface area (Å²) in [7, 11) is 0. The molecule has 1 heterocycles. The average Bonchev–Trinajstić information content (AvgIpc) is 2.37. The van der Waals surface area contributed by atoms with Gasteiger partial charge in [0, 0.05) is 19.2 Å². The predicted octanol–water partition coefficient (Wildman–Crippen LogP) is 4.24. The molecule has 2 N–H and O–H groups in total. The van der Waals surface area contributed by atoms with E-state index < -0.39 is 0 Å². The quantitative estimate of drug-likeness (QED) is 0.629. The summed E-state index contributed by atoms with van der Waals surface area (Å²) >= 11 is 0. The Balaban J connectivity index is 2.21. The molecule has 0 aromatic carbocycles. The lowest BCUT2D eigenvalue weighted by Gasteiger charge is -2.09. The zero-order valence-corrected chi connectivity index (χ0v) is 13.5. The number of nitrogens with one attached hydrogen (secondary N) is 2. The molecule has 1 aromatic rings. The summed E-state index contributed by atoms with van der Waals surface area (Å²) in [6.45, 7) is 10.5. The lowest BCUT2D eigenvalue weighted by molar-refractivity contribution is 0.523. The Morgan fingerprint density at radius 1 is 1.00 bits per heavy atom. The maximum absolute atomic E-state index is 4.41. The van der Waals surface area contributed by atoms with E-state index >= 15 is 0 Å². The highest BCUT2D eigenvalue weighted by atomic mass is 15.1. The van der Waals surface area contributed by atoms with E-state index in [4.69, 9.17) is 0 Å². The van der Waals surface area contributed by atoms with E-state index in [1.165, 1.54) is 32.1 Å². The maximum Gasteiger partial charge on any atom is 0.131 e. The second-order valence-electron chi connectivity index (χ2n) is 5.74. The summed E-state index contributed by atoms with van der Waals surface area (Å²) < 4.78 is 0. The van der Waals surface area contributed by atoms with Crippen molar-refractivity contribution in [3.8, 4) is 0 Å². The van der Waals surface area contributed by atoms with E-state index in [1.54, 1.807) is 0 Å². The molecule has 0 radical (unpaired) electrons. The lowest BCUT2D eigenvalue weighted by atomic mass is 10.0. The molecule has 0 atom stereocenters. The van der Waals surface area contributed by atoms with Crippen LogP contribution in [0.1, 0.15) is 58.7 Å². The van der Waals surface area contributed by atoms with Crippen molar-refractivity contribution >= 4 is 11.6 Å². The van der Waals surface area contributed by atoms with Gasteiger partial charge in [-0.15, -0.1) is 0 Å². The first-order valence-corrected chi connectivity index (χ1v) is 7.95. The molecular weight excluding hydrogens is 248 g/mol. The van der Waals surface area contributed by atoms with Gasteiger partial charge >= 0.3 is 0 Å². The van der Waals surface area contributed by atoms with Crippen LogP contribution in [0.4, 0.5) is 11.6 Å². The fourth-order valence-electron chi connectivity index (χ4n) is 2.18. The topological polar surface area (TPSA) is 49.8 Å². The molecule has 4 nitrogen and oxygen atoms in total. The highest BCUT2D eigenvalue weighted by molar-refractivity contribution is 5.47. The van der Waals surface area contributed by atoms with Crippen molar-refractivity contribution < 1.29 is 0 Å². The van der Waals surface area contributed by atoms with Gasteiger partial charge in [-0.05, 0) is 26.2 Å². The Kier molecular flexibility index (Phi) is 8.00. The molecule has 0 aliphatic heterocycles.